The van der Waals surface area contributed by atoms with Crippen molar-refractivity contribution in [1.82, 2.24) is 0 Å². The number of allylic oxidation sites excluding steroid dienone is 3. The van der Waals surface area contributed by atoms with Crippen LogP contribution in [0.2, 0.25) is 18.1 Å². The molecule has 1 aliphatic rings. The van der Waals surface area contributed by atoms with E-state index in [1.807, 2.05) is 0 Å². The predicted molar refractivity (Wildman–Crippen MR) is 93.8 cm³/mol. The van der Waals surface area contributed by atoms with E-state index in [1.165, 1.54) is 7.11 Å². The van der Waals surface area contributed by atoms with Crippen molar-refractivity contribution in [3.8, 4) is 11.5 Å². The number of Topliss-reactive ketones (excluding diaryl/α,β-unsaturated/α-hetero) is 1. The van der Waals surface area contributed by atoms with Gasteiger partial charge in [0.25, 0.3) is 0 Å². The van der Waals surface area contributed by atoms with E-state index >= 15 is 0 Å². The largest absolute Gasteiger partial charge is 0.359 e. The van der Waals surface area contributed by atoms with Crippen molar-refractivity contribution in [2.45, 2.75) is 38.9 Å². The summed E-state index contributed by atoms with van der Waals surface area (Å²) in [5.74, 6) is 2.17. The van der Waals surface area contributed by atoms with Gasteiger partial charge >= 0.3 is 0 Å². The second kappa shape index (κ2) is 7.58. The van der Waals surface area contributed by atoms with Crippen LogP contribution in [0, 0.1) is 11.5 Å². The molecule has 0 bridgehead atoms. The lowest BCUT2D eigenvalue weighted by molar-refractivity contribution is -0.116. The maximum Gasteiger partial charge on any atom is 0.213 e. The molecule has 0 heterocycles. The van der Waals surface area contributed by atoms with Crippen molar-refractivity contribution in [1.29, 1.82) is 0 Å². The second-order valence-corrected chi connectivity index (χ2v) is 12.3. The zero-order valence-electron chi connectivity index (χ0n) is 14.5. The molecule has 0 saturated heterocycles. The fourth-order valence-corrected chi connectivity index (χ4v) is 2.56. The minimum absolute atomic E-state index is 0.0272. The third-order valence-corrected chi connectivity index (χ3v) is 8.90. The Morgan fingerprint density at radius 3 is 2.39 bits per heavy atom. The summed E-state index contributed by atoms with van der Waals surface area (Å²) in [5, 5.41) is -0.0562. The van der Waals surface area contributed by atoms with E-state index in [9.17, 15) is 9.59 Å². The van der Waals surface area contributed by atoms with E-state index in [1.54, 1.807) is 0 Å². The molecule has 0 atom stereocenters. The van der Waals surface area contributed by atoms with Gasteiger partial charge in [0, 0.05) is 18.8 Å². The standard InChI is InChI=1S/C17H23ClO4Si/c1-17(2,3)23(5,6)8-7-12-13(10-22-11-21-4)15(19)9-14(18)16(12)20/h9H,10-11H2,1-6H3. The monoisotopic (exact) mass is 354 g/mol. The average molecular weight is 355 g/mol. The van der Waals surface area contributed by atoms with Gasteiger partial charge in [-0.05, 0) is 5.04 Å². The average Bonchev–Trinajstić information content (AvgIpc) is 2.42. The Balaban J connectivity index is 3.26. The number of hydrogen-bond donors (Lipinski definition) is 0. The highest BCUT2D eigenvalue weighted by Crippen LogP contribution is 2.35. The first-order valence-corrected chi connectivity index (χ1v) is 10.7. The second-order valence-electron chi connectivity index (χ2n) is 6.92. The third-order valence-electron chi connectivity index (χ3n) is 4.12. The van der Waals surface area contributed by atoms with Crippen molar-refractivity contribution < 1.29 is 19.1 Å². The number of halogens is 1. The molecule has 0 spiro atoms. The lowest BCUT2D eigenvalue weighted by Gasteiger charge is -2.31. The molecule has 0 aromatic heterocycles. The van der Waals surface area contributed by atoms with E-state index in [4.69, 9.17) is 21.1 Å². The minimum atomic E-state index is -1.92. The fraction of sp³-hybridized carbons (Fsp3) is 0.529. The highest BCUT2D eigenvalue weighted by Gasteiger charge is 2.34. The van der Waals surface area contributed by atoms with Crippen LogP contribution in [-0.4, -0.2) is 40.1 Å². The summed E-state index contributed by atoms with van der Waals surface area (Å²) in [5.41, 5.74) is 3.63. The van der Waals surface area contributed by atoms with Gasteiger partial charge in [-0.2, -0.15) is 0 Å². The fourth-order valence-electron chi connectivity index (χ4n) is 1.56. The first kappa shape index (κ1) is 19.9. The quantitative estimate of drug-likeness (QED) is 0.256. The van der Waals surface area contributed by atoms with Gasteiger partial charge in [0.2, 0.25) is 5.78 Å². The summed E-state index contributed by atoms with van der Waals surface area (Å²) in [7, 11) is -0.434. The predicted octanol–water partition coefficient (Wildman–Crippen LogP) is 3.23. The van der Waals surface area contributed by atoms with Crippen LogP contribution in [0.5, 0.6) is 0 Å². The highest BCUT2D eigenvalue weighted by molar-refractivity contribution is 6.87. The van der Waals surface area contributed by atoms with Crippen LogP contribution < -0.4 is 0 Å². The number of carbonyl (C=O) groups excluding carboxylic acids is 2. The number of ether oxygens (including phenoxy) is 2. The summed E-state index contributed by atoms with van der Waals surface area (Å²) in [6, 6.07) is 0. The lowest BCUT2D eigenvalue weighted by Crippen LogP contribution is -2.35. The zero-order chi connectivity index (χ0) is 17.8. The number of carbonyl (C=O) groups is 2. The first-order chi connectivity index (χ1) is 10.5. The topological polar surface area (TPSA) is 52.6 Å². The van der Waals surface area contributed by atoms with Crippen molar-refractivity contribution in [2.75, 3.05) is 20.5 Å². The molecule has 0 fully saturated rings. The van der Waals surface area contributed by atoms with E-state index in [-0.39, 0.29) is 40.4 Å². The zero-order valence-corrected chi connectivity index (χ0v) is 16.3. The molecule has 0 saturated carbocycles. The van der Waals surface area contributed by atoms with Gasteiger partial charge in [0.05, 0.1) is 17.2 Å². The molecule has 6 heteroatoms. The Hall–Kier alpha value is -1.19. The van der Waals surface area contributed by atoms with Gasteiger partial charge in [0.15, 0.2) is 5.78 Å². The first-order valence-electron chi connectivity index (χ1n) is 7.30. The Labute approximate surface area is 143 Å². The SMILES string of the molecule is COCOCC1=C(C#C[Si](C)(C)C(C)(C)C)C(=O)C(Cl)=CC1=O. The van der Waals surface area contributed by atoms with Crippen LogP contribution in [0.3, 0.4) is 0 Å². The van der Waals surface area contributed by atoms with Crippen LogP contribution in [0.15, 0.2) is 22.3 Å². The van der Waals surface area contributed by atoms with Crippen LogP contribution in [0.1, 0.15) is 20.8 Å². The molecule has 0 aromatic rings. The normalized spacial score (nSPS) is 16.2. The molecule has 126 valence electrons. The Morgan fingerprint density at radius 2 is 1.87 bits per heavy atom. The number of methoxy groups -OCH3 is 1. The number of hydrogen-bond acceptors (Lipinski definition) is 4. The molecular formula is C17H23ClO4Si. The van der Waals surface area contributed by atoms with E-state index in [0.29, 0.717) is 0 Å². The van der Waals surface area contributed by atoms with Crippen molar-refractivity contribution in [2.24, 2.45) is 0 Å². The van der Waals surface area contributed by atoms with E-state index in [2.05, 4.69) is 45.3 Å². The van der Waals surface area contributed by atoms with Crippen molar-refractivity contribution in [3.05, 3.63) is 22.3 Å². The van der Waals surface area contributed by atoms with Gasteiger partial charge in [-0.3, -0.25) is 9.59 Å². The third kappa shape index (κ3) is 4.89. The molecule has 0 aromatic carbocycles. The molecule has 1 aliphatic carbocycles. The maximum atomic E-state index is 12.3. The van der Waals surface area contributed by atoms with Crippen LogP contribution >= 0.6 is 11.6 Å². The van der Waals surface area contributed by atoms with Gasteiger partial charge in [-0.1, -0.05) is 51.4 Å². The minimum Gasteiger partial charge on any atom is -0.359 e. The molecule has 0 unspecified atom stereocenters. The summed E-state index contributed by atoms with van der Waals surface area (Å²) in [6.07, 6.45) is 1.12. The molecule has 0 N–H and O–H groups in total. The highest BCUT2D eigenvalue weighted by atomic mass is 35.5. The summed E-state index contributed by atoms with van der Waals surface area (Å²) >= 11 is 5.86. The van der Waals surface area contributed by atoms with Crippen molar-refractivity contribution >= 4 is 31.2 Å². The van der Waals surface area contributed by atoms with Gasteiger partial charge in [0.1, 0.15) is 14.9 Å². The smallest absolute Gasteiger partial charge is 0.213 e. The molecule has 0 aliphatic heterocycles. The molecule has 0 radical (unpaired) electrons. The maximum absolute atomic E-state index is 12.3. The van der Waals surface area contributed by atoms with Crippen LogP contribution in [0.4, 0.5) is 0 Å². The molecule has 0 amide bonds. The van der Waals surface area contributed by atoms with Gasteiger partial charge in [-0.25, -0.2) is 0 Å². The Morgan fingerprint density at radius 1 is 1.26 bits per heavy atom. The molecular weight excluding hydrogens is 332 g/mol. The Kier molecular flexibility index (Phi) is 6.55. The van der Waals surface area contributed by atoms with Gasteiger partial charge in [-0.15, -0.1) is 5.54 Å². The van der Waals surface area contributed by atoms with Crippen molar-refractivity contribution in [3.63, 3.8) is 0 Å². The molecule has 23 heavy (non-hydrogen) atoms. The van der Waals surface area contributed by atoms with Gasteiger partial charge < -0.3 is 9.47 Å². The Bertz CT molecular complexity index is 627. The molecule has 1 rings (SSSR count). The van der Waals surface area contributed by atoms with Crippen LogP contribution in [0.25, 0.3) is 0 Å². The summed E-state index contributed by atoms with van der Waals surface area (Å²) in [6.45, 7) is 10.7. The lowest BCUT2D eigenvalue weighted by atomic mass is 9.96. The molecule has 4 nitrogen and oxygen atoms in total. The van der Waals surface area contributed by atoms with E-state index in [0.717, 1.165) is 6.08 Å². The summed E-state index contributed by atoms with van der Waals surface area (Å²) < 4.78 is 10.0. The summed E-state index contributed by atoms with van der Waals surface area (Å²) in [4.78, 5) is 24.4. The number of ketones is 2. The number of rotatable bonds is 4. The van der Waals surface area contributed by atoms with Crippen LogP contribution in [-0.2, 0) is 19.1 Å². The van der Waals surface area contributed by atoms with E-state index < -0.39 is 13.9 Å².